The van der Waals surface area contributed by atoms with Gasteiger partial charge >= 0.3 is 0 Å². The second-order valence-electron chi connectivity index (χ2n) is 4.04. The molecule has 1 atom stereocenters. The minimum Gasteiger partial charge on any atom is -0.326 e. The first kappa shape index (κ1) is 9.69. The molecule has 0 aliphatic carbocycles. The minimum atomic E-state index is 0.592. The largest absolute Gasteiger partial charge is 0.326 e. The highest BCUT2D eigenvalue weighted by Gasteiger charge is 2.23. The fraction of sp³-hybridized carbons (Fsp3) is 0.500. The fourth-order valence-electron chi connectivity index (χ4n) is 2.35. The van der Waals surface area contributed by atoms with Crippen LogP contribution in [0.15, 0.2) is 24.3 Å². The van der Waals surface area contributed by atoms with Crippen LogP contribution in [0, 0.1) is 0 Å². The number of rotatable bonds is 2. The number of nitrogens with two attached hydrogens (primary N) is 1. The summed E-state index contributed by atoms with van der Waals surface area (Å²) in [6, 6.07) is 9.13. The Bertz CT molecular complexity index is 309. The third-order valence-electron chi connectivity index (χ3n) is 3.15. The highest BCUT2D eigenvalue weighted by molar-refractivity contribution is 5.30. The van der Waals surface area contributed by atoms with Gasteiger partial charge < -0.3 is 5.73 Å². The van der Waals surface area contributed by atoms with Gasteiger partial charge in [0, 0.05) is 12.6 Å². The summed E-state index contributed by atoms with van der Waals surface area (Å²) < 4.78 is 0. The van der Waals surface area contributed by atoms with Crippen LogP contribution in [-0.2, 0) is 6.54 Å². The standard InChI is InChI=1S/C12H18N2/c1-14-8-4-7-12(14)11-6-3-2-5-10(11)9-13/h2-3,5-6,12H,4,7-9,13H2,1H3. The lowest BCUT2D eigenvalue weighted by Crippen LogP contribution is -2.19. The van der Waals surface area contributed by atoms with E-state index in [1.807, 2.05) is 0 Å². The number of likely N-dealkylation sites (tertiary alicyclic amines) is 1. The van der Waals surface area contributed by atoms with E-state index >= 15 is 0 Å². The molecule has 0 bridgehead atoms. The van der Waals surface area contributed by atoms with E-state index < -0.39 is 0 Å². The number of hydrogen-bond donors (Lipinski definition) is 1. The minimum absolute atomic E-state index is 0.592. The van der Waals surface area contributed by atoms with Crippen molar-refractivity contribution in [2.75, 3.05) is 13.6 Å². The normalized spacial score (nSPS) is 22.9. The fourth-order valence-corrected chi connectivity index (χ4v) is 2.35. The van der Waals surface area contributed by atoms with Gasteiger partial charge in [-0.25, -0.2) is 0 Å². The maximum atomic E-state index is 5.75. The van der Waals surface area contributed by atoms with Crippen LogP contribution in [-0.4, -0.2) is 18.5 Å². The van der Waals surface area contributed by atoms with Gasteiger partial charge in [-0.3, -0.25) is 4.90 Å². The molecule has 1 unspecified atom stereocenters. The lowest BCUT2D eigenvalue weighted by atomic mass is 9.99. The van der Waals surface area contributed by atoms with Crippen molar-refractivity contribution in [3.63, 3.8) is 0 Å². The van der Waals surface area contributed by atoms with Crippen molar-refractivity contribution in [2.45, 2.75) is 25.4 Å². The van der Waals surface area contributed by atoms with Gasteiger partial charge in [-0.05, 0) is 37.6 Å². The summed E-state index contributed by atoms with van der Waals surface area (Å²) in [5.41, 5.74) is 8.47. The van der Waals surface area contributed by atoms with Crippen molar-refractivity contribution < 1.29 is 0 Å². The Morgan fingerprint density at radius 2 is 2.21 bits per heavy atom. The number of benzene rings is 1. The maximum absolute atomic E-state index is 5.75. The smallest absolute Gasteiger partial charge is 0.0348 e. The summed E-state index contributed by atoms with van der Waals surface area (Å²) >= 11 is 0. The Hall–Kier alpha value is -0.860. The first-order valence-electron chi connectivity index (χ1n) is 5.31. The highest BCUT2D eigenvalue weighted by atomic mass is 15.1. The molecule has 1 aromatic carbocycles. The summed E-state index contributed by atoms with van der Waals surface area (Å²) in [4.78, 5) is 2.43. The van der Waals surface area contributed by atoms with Crippen LogP contribution in [0.1, 0.15) is 30.0 Å². The van der Waals surface area contributed by atoms with Crippen molar-refractivity contribution >= 4 is 0 Å². The Morgan fingerprint density at radius 3 is 2.86 bits per heavy atom. The van der Waals surface area contributed by atoms with Gasteiger partial charge in [-0.1, -0.05) is 24.3 Å². The quantitative estimate of drug-likeness (QED) is 0.772. The predicted molar refractivity (Wildman–Crippen MR) is 58.9 cm³/mol. The molecule has 1 aromatic rings. The van der Waals surface area contributed by atoms with Crippen molar-refractivity contribution in [3.8, 4) is 0 Å². The third-order valence-corrected chi connectivity index (χ3v) is 3.15. The molecule has 0 spiro atoms. The molecule has 1 saturated heterocycles. The van der Waals surface area contributed by atoms with E-state index in [9.17, 15) is 0 Å². The SMILES string of the molecule is CN1CCCC1c1ccccc1CN. The van der Waals surface area contributed by atoms with E-state index in [0.29, 0.717) is 12.6 Å². The van der Waals surface area contributed by atoms with Crippen LogP contribution in [0.5, 0.6) is 0 Å². The van der Waals surface area contributed by atoms with E-state index in [-0.39, 0.29) is 0 Å². The molecule has 0 saturated carbocycles. The number of hydrogen-bond acceptors (Lipinski definition) is 2. The van der Waals surface area contributed by atoms with Crippen LogP contribution >= 0.6 is 0 Å². The Balaban J connectivity index is 2.30. The molecular weight excluding hydrogens is 172 g/mol. The first-order valence-corrected chi connectivity index (χ1v) is 5.31. The molecule has 1 aliphatic heterocycles. The maximum Gasteiger partial charge on any atom is 0.0348 e. The van der Waals surface area contributed by atoms with Crippen molar-refractivity contribution in [1.29, 1.82) is 0 Å². The van der Waals surface area contributed by atoms with Crippen LogP contribution < -0.4 is 5.73 Å². The average Bonchev–Trinajstić information content (AvgIpc) is 2.64. The summed E-state index contributed by atoms with van der Waals surface area (Å²) in [6.45, 7) is 1.87. The Labute approximate surface area is 85.7 Å². The molecule has 14 heavy (non-hydrogen) atoms. The second-order valence-corrected chi connectivity index (χ2v) is 4.04. The van der Waals surface area contributed by atoms with E-state index in [4.69, 9.17) is 5.73 Å². The lowest BCUT2D eigenvalue weighted by Gasteiger charge is -2.22. The third kappa shape index (κ3) is 1.68. The molecule has 1 aliphatic rings. The molecular formula is C12H18N2. The first-order chi connectivity index (χ1) is 6.83. The van der Waals surface area contributed by atoms with E-state index in [1.165, 1.54) is 30.5 Å². The topological polar surface area (TPSA) is 29.3 Å². The van der Waals surface area contributed by atoms with Gasteiger partial charge in [0.2, 0.25) is 0 Å². The summed E-state index contributed by atoms with van der Waals surface area (Å²) in [7, 11) is 2.20. The van der Waals surface area contributed by atoms with E-state index in [2.05, 4.69) is 36.2 Å². The van der Waals surface area contributed by atoms with Gasteiger partial charge in [0.1, 0.15) is 0 Å². The molecule has 1 fully saturated rings. The summed E-state index contributed by atoms with van der Waals surface area (Å²) in [6.07, 6.45) is 2.58. The lowest BCUT2D eigenvalue weighted by molar-refractivity contribution is 0.316. The molecule has 2 nitrogen and oxygen atoms in total. The van der Waals surface area contributed by atoms with Crippen molar-refractivity contribution in [1.82, 2.24) is 4.90 Å². The highest BCUT2D eigenvalue weighted by Crippen LogP contribution is 2.31. The van der Waals surface area contributed by atoms with Crippen LogP contribution in [0.2, 0.25) is 0 Å². The molecule has 2 N–H and O–H groups in total. The van der Waals surface area contributed by atoms with Crippen LogP contribution in [0.3, 0.4) is 0 Å². The molecule has 2 heteroatoms. The van der Waals surface area contributed by atoms with Crippen LogP contribution in [0.4, 0.5) is 0 Å². The summed E-state index contributed by atoms with van der Waals surface area (Å²) in [5, 5.41) is 0. The van der Waals surface area contributed by atoms with Crippen molar-refractivity contribution in [3.05, 3.63) is 35.4 Å². The van der Waals surface area contributed by atoms with Gasteiger partial charge in [0.15, 0.2) is 0 Å². The second kappa shape index (κ2) is 4.11. The van der Waals surface area contributed by atoms with Gasteiger partial charge in [-0.15, -0.1) is 0 Å². The Morgan fingerprint density at radius 1 is 1.43 bits per heavy atom. The summed E-state index contributed by atoms with van der Waals surface area (Å²) in [5.74, 6) is 0. The average molecular weight is 190 g/mol. The predicted octanol–water partition coefficient (Wildman–Crippen LogP) is 1.91. The van der Waals surface area contributed by atoms with Gasteiger partial charge in [0.05, 0.1) is 0 Å². The zero-order valence-electron chi connectivity index (χ0n) is 8.74. The molecule has 76 valence electrons. The van der Waals surface area contributed by atoms with Gasteiger partial charge in [-0.2, -0.15) is 0 Å². The van der Waals surface area contributed by atoms with E-state index in [1.54, 1.807) is 0 Å². The molecule has 0 aromatic heterocycles. The van der Waals surface area contributed by atoms with Crippen LogP contribution in [0.25, 0.3) is 0 Å². The number of nitrogens with zero attached hydrogens (tertiary/aromatic N) is 1. The zero-order valence-corrected chi connectivity index (χ0v) is 8.74. The molecule has 0 amide bonds. The molecule has 0 radical (unpaired) electrons. The molecule has 1 heterocycles. The van der Waals surface area contributed by atoms with Gasteiger partial charge in [0.25, 0.3) is 0 Å². The van der Waals surface area contributed by atoms with E-state index in [0.717, 1.165) is 0 Å². The monoisotopic (exact) mass is 190 g/mol. The zero-order chi connectivity index (χ0) is 9.97. The molecule has 2 rings (SSSR count). The van der Waals surface area contributed by atoms with Crippen molar-refractivity contribution in [2.24, 2.45) is 5.73 Å². The Kier molecular flexibility index (Phi) is 2.85.